The number of halogens is 2. The third-order valence-electron chi connectivity index (χ3n) is 6.01. The first-order valence-electron chi connectivity index (χ1n) is 9.69. The lowest BCUT2D eigenvalue weighted by Gasteiger charge is -2.32. The van der Waals surface area contributed by atoms with Crippen LogP contribution >= 0.6 is 24.8 Å². The van der Waals surface area contributed by atoms with Gasteiger partial charge in [-0.1, -0.05) is 42.2 Å². The van der Waals surface area contributed by atoms with Gasteiger partial charge in [0.1, 0.15) is 6.04 Å². The number of aryl methyl sites for hydroxylation is 2. The van der Waals surface area contributed by atoms with Crippen LogP contribution in [0.25, 0.3) is 0 Å². The summed E-state index contributed by atoms with van der Waals surface area (Å²) in [5.74, 6) is 0.0358. The van der Waals surface area contributed by atoms with Gasteiger partial charge in [-0.05, 0) is 32.3 Å². The molecule has 1 aromatic heterocycles. The topological polar surface area (TPSA) is 69.8 Å². The number of amides is 1. The van der Waals surface area contributed by atoms with E-state index in [1.54, 1.807) is 6.33 Å². The third-order valence-corrected chi connectivity index (χ3v) is 6.01. The van der Waals surface area contributed by atoms with E-state index in [1.807, 2.05) is 0 Å². The van der Waals surface area contributed by atoms with Gasteiger partial charge in [-0.15, -0.1) is 24.8 Å². The Morgan fingerprint density at radius 1 is 1.18 bits per heavy atom. The molecule has 2 heterocycles. The second kappa shape index (κ2) is 9.29. The van der Waals surface area contributed by atoms with Crippen LogP contribution in [0.2, 0.25) is 0 Å². The van der Waals surface area contributed by atoms with E-state index in [9.17, 15) is 4.79 Å². The van der Waals surface area contributed by atoms with Gasteiger partial charge in [0.2, 0.25) is 5.91 Å². The average Bonchev–Trinajstić information content (AvgIpc) is 3.28. The van der Waals surface area contributed by atoms with Crippen LogP contribution in [-0.2, 0) is 16.6 Å². The number of hydrogen-bond donors (Lipinski definition) is 3. The lowest BCUT2D eigenvalue weighted by atomic mass is 9.77. The highest BCUT2D eigenvalue weighted by molar-refractivity contribution is 5.85. The molecule has 4 rings (SSSR count). The van der Waals surface area contributed by atoms with Crippen LogP contribution in [0.5, 0.6) is 0 Å². The lowest BCUT2D eigenvalue weighted by molar-refractivity contribution is -0.123. The summed E-state index contributed by atoms with van der Waals surface area (Å²) in [5, 5.41) is 6.56. The fourth-order valence-corrected chi connectivity index (χ4v) is 4.69. The Morgan fingerprint density at radius 3 is 2.54 bits per heavy atom. The van der Waals surface area contributed by atoms with Crippen molar-refractivity contribution < 1.29 is 4.79 Å². The van der Waals surface area contributed by atoms with E-state index in [-0.39, 0.29) is 42.2 Å². The van der Waals surface area contributed by atoms with Gasteiger partial charge in [0.15, 0.2) is 0 Å². The predicted octanol–water partition coefficient (Wildman–Crippen LogP) is 3.69. The molecule has 0 bridgehead atoms. The minimum Gasteiger partial charge on any atom is -0.353 e. The first-order chi connectivity index (χ1) is 12.6. The first kappa shape index (κ1) is 22.7. The number of rotatable bonds is 4. The monoisotopic (exact) mass is 424 g/mol. The summed E-state index contributed by atoms with van der Waals surface area (Å²) < 4.78 is 0. The number of fused-ring (bicyclic) bond motifs is 1. The molecule has 1 aliphatic heterocycles. The minimum atomic E-state index is -0.345. The molecular weight excluding hydrogens is 395 g/mol. The van der Waals surface area contributed by atoms with Gasteiger partial charge in [0.25, 0.3) is 0 Å². The van der Waals surface area contributed by atoms with Crippen molar-refractivity contribution in [3.05, 3.63) is 52.6 Å². The number of carbonyl (C=O) groups excluding carboxylic acids is 1. The summed E-state index contributed by atoms with van der Waals surface area (Å²) in [6.45, 7) is 5.81. The van der Waals surface area contributed by atoms with Crippen LogP contribution < -0.4 is 10.6 Å². The minimum absolute atomic E-state index is 0. The molecule has 2 aromatic rings. The maximum atomic E-state index is 12.9. The van der Waals surface area contributed by atoms with Gasteiger partial charge in [-0.25, -0.2) is 4.98 Å². The summed E-state index contributed by atoms with van der Waals surface area (Å²) >= 11 is 0. The number of nitrogens with one attached hydrogen (secondary N) is 3. The second-order valence-electron chi connectivity index (χ2n) is 7.99. The maximum Gasteiger partial charge on any atom is 0.243 e. The van der Waals surface area contributed by atoms with Gasteiger partial charge in [0, 0.05) is 30.6 Å². The Morgan fingerprint density at radius 2 is 1.86 bits per heavy atom. The Labute approximate surface area is 179 Å². The molecule has 5 nitrogen and oxygen atoms in total. The van der Waals surface area contributed by atoms with E-state index in [0.717, 1.165) is 37.2 Å². The first-order valence-corrected chi connectivity index (χ1v) is 9.69. The normalized spacial score (nSPS) is 19.9. The average molecular weight is 425 g/mol. The quantitative estimate of drug-likeness (QED) is 0.700. The molecule has 1 atom stereocenters. The Kier molecular flexibility index (Phi) is 7.54. The summed E-state index contributed by atoms with van der Waals surface area (Å²) in [4.78, 5) is 20.4. The van der Waals surface area contributed by atoms with Gasteiger partial charge in [0.05, 0.1) is 12.0 Å². The van der Waals surface area contributed by atoms with Crippen LogP contribution in [0.1, 0.15) is 59.8 Å². The van der Waals surface area contributed by atoms with Crippen molar-refractivity contribution in [2.24, 2.45) is 0 Å². The molecule has 1 amide bonds. The third kappa shape index (κ3) is 4.37. The molecule has 154 valence electrons. The molecule has 28 heavy (non-hydrogen) atoms. The fraction of sp³-hybridized carbons (Fsp3) is 0.524. The van der Waals surface area contributed by atoms with E-state index < -0.39 is 0 Å². The number of nitrogens with zero attached hydrogens (tertiary/aromatic N) is 1. The van der Waals surface area contributed by atoms with E-state index in [4.69, 9.17) is 0 Å². The summed E-state index contributed by atoms with van der Waals surface area (Å²) in [5.41, 5.74) is 5.97. The fourth-order valence-electron chi connectivity index (χ4n) is 4.69. The maximum absolute atomic E-state index is 12.9. The summed E-state index contributed by atoms with van der Waals surface area (Å²) in [6.07, 6.45) is 7.32. The molecule has 3 N–H and O–H groups in total. The highest BCUT2D eigenvalue weighted by atomic mass is 35.5. The summed E-state index contributed by atoms with van der Waals surface area (Å²) in [6, 6.07) is 6.47. The van der Waals surface area contributed by atoms with Crippen molar-refractivity contribution in [1.82, 2.24) is 20.6 Å². The molecule has 0 radical (unpaired) electrons. The van der Waals surface area contributed by atoms with Crippen LogP contribution in [0.4, 0.5) is 0 Å². The number of hydrogen-bond acceptors (Lipinski definition) is 3. The molecule has 2 aliphatic rings. The van der Waals surface area contributed by atoms with Crippen molar-refractivity contribution in [3.8, 4) is 0 Å². The van der Waals surface area contributed by atoms with Crippen molar-refractivity contribution in [3.63, 3.8) is 0 Å². The molecule has 0 saturated heterocycles. The number of aromatic nitrogens is 2. The van der Waals surface area contributed by atoms with E-state index in [1.165, 1.54) is 29.5 Å². The van der Waals surface area contributed by atoms with E-state index >= 15 is 0 Å². The largest absolute Gasteiger partial charge is 0.353 e. The Bertz CT molecular complexity index is 794. The van der Waals surface area contributed by atoms with Crippen LogP contribution in [-0.4, -0.2) is 29.0 Å². The zero-order valence-electron chi connectivity index (χ0n) is 16.5. The number of H-pyrrole nitrogens is 1. The zero-order chi connectivity index (χ0) is 18.1. The lowest BCUT2D eigenvalue weighted by Crippen LogP contribution is -2.46. The number of imidazole rings is 1. The molecular formula is C21H30Cl2N4O. The Balaban J connectivity index is 0.00000140. The molecule has 7 heteroatoms. The molecule has 1 aliphatic carbocycles. The SMILES string of the molecule is Cc1cc(C)cc(C2(CNC(=O)C3NCCc4[nH]cnc43)CCCC2)c1.Cl.Cl. The highest BCUT2D eigenvalue weighted by Crippen LogP contribution is 2.41. The second-order valence-corrected chi connectivity index (χ2v) is 7.99. The predicted molar refractivity (Wildman–Crippen MR) is 117 cm³/mol. The number of aromatic amines is 1. The molecule has 1 unspecified atom stereocenters. The van der Waals surface area contributed by atoms with Gasteiger partial charge in [-0.3, -0.25) is 4.79 Å². The standard InChI is InChI=1S/C21H28N4O.2ClH/c1-14-9-15(2)11-16(10-14)21(6-3-4-7-21)12-23-20(26)19-18-17(5-8-22-19)24-13-25-18;;/h9-11,13,19,22H,3-8,12H2,1-2H3,(H,23,26)(H,24,25);2*1H. The van der Waals surface area contributed by atoms with Gasteiger partial charge < -0.3 is 15.6 Å². The highest BCUT2D eigenvalue weighted by Gasteiger charge is 2.37. The van der Waals surface area contributed by atoms with Crippen LogP contribution in [0, 0.1) is 13.8 Å². The number of benzene rings is 1. The van der Waals surface area contributed by atoms with Crippen LogP contribution in [0.3, 0.4) is 0 Å². The molecule has 1 fully saturated rings. The zero-order valence-corrected chi connectivity index (χ0v) is 18.1. The molecule has 0 spiro atoms. The number of carbonyl (C=O) groups is 1. The van der Waals surface area contributed by atoms with Crippen molar-refractivity contribution in [2.75, 3.05) is 13.1 Å². The molecule has 1 aromatic carbocycles. The van der Waals surface area contributed by atoms with Gasteiger partial charge in [-0.2, -0.15) is 0 Å². The summed E-state index contributed by atoms with van der Waals surface area (Å²) in [7, 11) is 0. The van der Waals surface area contributed by atoms with E-state index in [2.05, 4.69) is 52.6 Å². The van der Waals surface area contributed by atoms with Crippen molar-refractivity contribution in [2.45, 2.75) is 57.4 Å². The van der Waals surface area contributed by atoms with Gasteiger partial charge >= 0.3 is 0 Å². The van der Waals surface area contributed by atoms with E-state index in [0.29, 0.717) is 6.54 Å². The van der Waals surface area contributed by atoms with Crippen LogP contribution in [0.15, 0.2) is 24.5 Å². The smallest absolute Gasteiger partial charge is 0.243 e. The molecule has 1 saturated carbocycles. The Hall–Kier alpha value is -1.56. The van der Waals surface area contributed by atoms with Crippen molar-refractivity contribution >= 4 is 30.7 Å². The van der Waals surface area contributed by atoms with Crippen molar-refractivity contribution in [1.29, 1.82) is 0 Å².